The number of nitrogen functional groups attached to an aromatic ring is 1. The third kappa shape index (κ3) is 2.20. The molecule has 4 rings (SSSR count). The number of aromatic amines is 1. The summed E-state index contributed by atoms with van der Waals surface area (Å²) in [4.78, 5) is 19.6. The Morgan fingerprint density at radius 3 is 2.74 bits per heavy atom. The Balaban J connectivity index is 1.97. The van der Waals surface area contributed by atoms with E-state index in [4.69, 9.17) is 17.3 Å². The first-order valence-corrected chi connectivity index (χ1v) is 6.97. The van der Waals surface area contributed by atoms with Gasteiger partial charge in [-0.1, -0.05) is 11.6 Å². The minimum absolute atomic E-state index is 0.0573. The van der Waals surface area contributed by atoms with Crippen molar-refractivity contribution in [3.05, 3.63) is 47.9 Å². The molecule has 0 aliphatic heterocycles. The average Bonchev–Trinajstić information content (AvgIpc) is 3.19. The summed E-state index contributed by atoms with van der Waals surface area (Å²) in [6.07, 6.45) is 6.39. The summed E-state index contributed by atoms with van der Waals surface area (Å²) < 4.78 is 15.8. The fourth-order valence-electron chi connectivity index (χ4n) is 2.26. The van der Waals surface area contributed by atoms with Crippen LogP contribution >= 0.6 is 11.6 Å². The predicted molar refractivity (Wildman–Crippen MR) is 83.6 cm³/mol. The molecule has 0 radical (unpaired) electrons. The van der Waals surface area contributed by atoms with Gasteiger partial charge in [-0.2, -0.15) is 4.39 Å². The van der Waals surface area contributed by atoms with Gasteiger partial charge in [0.15, 0.2) is 23.1 Å². The van der Waals surface area contributed by atoms with Crippen LogP contribution in [0.25, 0.3) is 28.4 Å². The van der Waals surface area contributed by atoms with Gasteiger partial charge in [-0.15, -0.1) is 0 Å². The van der Waals surface area contributed by atoms with E-state index in [1.54, 1.807) is 30.7 Å². The number of nitrogens with two attached hydrogens (primary N) is 1. The Morgan fingerprint density at radius 2 is 1.96 bits per heavy atom. The molecule has 0 saturated heterocycles. The molecule has 4 aromatic heterocycles. The molecule has 114 valence electrons. The standard InChI is InChI=1S/C14H9ClFN7/c15-8-6-19-13-10(20-8)7(5-18-13)12-21-11(17)9(16)14(22-12)23-3-1-2-4-23/h1-6H,(H,18,19)(H2,17,21,22). The van der Waals surface area contributed by atoms with E-state index in [0.717, 1.165) is 0 Å². The molecule has 3 N–H and O–H groups in total. The SMILES string of the molecule is Nc1nc(-c2c[nH]c3ncc(Cl)nc23)nc(-n2cccc2)c1F. The van der Waals surface area contributed by atoms with E-state index in [-0.39, 0.29) is 22.6 Å². The van der Waals surface area contributed by atoms with Crippen molar-refractivity contribution in [2.24, 2.45) is 0 Å². The molecule has 23 heavy (non-hydrogen) atoms. The van der Waals surface area contributed by atoms with Crippen molar-refractivity contribution in [3.63, 3.8) is 0 Å². The van der Waals surface area contributed by atoms with E-state index < -0.39 is 5.82 Å². The van der Waals surface area contributed by atoms with Crippen molar-refractivity contribution >= 4 is 28.6 Å². The number of anilines is 1. The molecule has 0 saturated carbocycles. The van der Waals surface area contributed by atoms with Crippen LogP contribution in [0.1, 0.15) is 0 Å². The number of rotatable bonds is 2. The maximum Gasteiger partial charge on any atom is 0.208 e. The fourth-order valence-corrected chi connectivity index (χ4v) is 2.39. The second-order valence-electron chi connectivity index (χ2n) is 4.75. The van der Waals surface area contributed by atoms with Gasteiger partial charge in [0.2, 0.25) is 5.82 Å². The molecule has 0 bridgehead atoms. The normalized spacial score (nSPS) is 11.2. The van der Waals surface area contributed by atoms with Crippen molar-refractivity contribution in [2.45, 2.75) is 0 Å². The van der Waals surface area contributed by atoms with Crippen molar-refractivity contribution in [2.75, 3.05) is 5.73 Å². The molecule has 4 heterocycles. The smallest absolute Gasteiger partial charge is 0.208 e. The molecule has 7 nitrogen and oxygen atoms in total. The van der Waals surface area contributed by atoms with Gasteiger partial charge in [0.1, 0.15) is 10.7 Å². The van der Waals surface area contributed by atoms with Gasteiger partial charge in [-0.3, -0.25) is 0 Å². The van der Waals surface area contributed by atoms with Crippen molar-refractivity contribution in [1.82, 2.24) is 29.5 Å². The van der Waals surface area contributed by atoms with E-state index in [0.29, 0.717) is 16.7 Å². The largest absolute Gasteiger partial charge is 0.381 e. The molecule has 0 spiro atoms. The van der Waals surface area contributed by atoms with Crippen LogP contribution in [0.15, 0.2) is 36.9 Å². The third-order valence-corrected chi connectivity index (χ3v) is 3.48. The summed E-state index contributed by atoms with van der Waals surface area (Å²) >= 11 is 5.89. The average molecular weight is 330 g/mol. The highest BCUT2D eigenvalue weighted by atomic mass is 35.5. The van der Waals surface area contributed by atoms with Gasteiger partial charge in [0.05, 0.1) is 11.8 Å². The van der Waals surface area contributed by atoms with Gasteiger partial charge < -0.3 is 15.3 Å². The molecule has 0 aliphatic rings. The number of nitrogens with one attached hydrogen (secondary N) is 1. The maximum absolute atomic E-state index is 14.2. The Bertz CT molecular complexity index is 1010. The molecule has 0 aromatic carbocycles. The van der Waals surface area contributed by atoms with Crippen LogP contribution in [-0.2, 0) is 0 Å². The summed E-state index contributed by atoms with van der Waals surface area (Å²) in [6.45, 7) is 0. The Kier molecular flexibility index (Phi) is 2.98. The van der Waals surface area contributed by atoms with E-state index >= 15 is 0 Å². The second-order valence-corrected chi connectivity index (χ2v) is 5.14. The van der Waals surface area contributed by atoms with Gasteiger partial charge in [-0.25, -0.2) is 19.9 Å². The topological polar surface area (TPSA) is 98.3 Å². The monoisotopic (exact) mass is 329 g/mol. The highest BCUT2D eigenvalue weighted by Crippen LogP contribution is 2.27. The number of halogens is 2. The fraction of sp³-hybridized carbons (Fsp3) is 0. The van der Waals surface area contributed by atoms with Crippen LogP contribution in [0.5, 0.6) is 0 Å². The minimum atomic E-state index is -0.686. The zero-order valence-corrected chi connectivity index (χ0v) is 12.3. The van der Waals surface area contributed by atoms with Crippen LogP contribution in [0.4, 0.5) is 10.2 Å². The Morgan fingerprint density at radius 1 is 1.17 bits per heavy atom. The summed E-state index contributed by atoms with van der Waals surface area (Å²) in [5.74, 6) is -0.644. The molecule has 0 unspecified atom stereocenters. The lowest BCUT2D eigenvalue weighted by atomic mass is 10.2. The molecule has 4 aromatic rings. The van der Waals surface area contributed by atoms with Crippen molar-refractivity contribution in [1.29, 1.82) is 0 Å². The zero-order valence-electron chi connectivity index (χ0n) is 11.5. The van der Waals surface area contributed by atoms with Crippen LogP contribution in [0, 0.1) is 5.82 Å². The summed E-state index contributed by atoms with van der Waals surface area (Å²) in [7, 11) is 0. The van der Waals surface area contributed by atoms with Crippen LogP contribution in [-0.4, -0.2) is 29.5 Å². The van der Waals surface area contributed by atoms with Gasteiger partial charge in [0, 0.05) is 18.6 Å². The lowest BCUT2D eigenvalue weighted by molar-refractivity contribution is 0.608. The van der Waals surface area contributed by atoms with Crippen molar-refractivity contribution < 1.29 is 4.39 Å². The highest BCUT2D eigenvalue weighted by Gasteiger charge is 2.18. The van der Waals surface area contributed by atoms with Crippen LogP contribution in [0.3, 0.4) is 0 Å². The molecule has 9 heteroatoms. The van der Waals surface area contributed by atoms with Crippen molar-refractivity contribution in [3.8, 4) is 17.2 Å². The molecular formula is C14H9ClFN7. The zero-order chi connectivity index (χ0) is 16.0. The lowest BCUT2D eigenvalue weighted by Crippen LogP contribution is -2.07. The molecule has 0 aliphatic carbocycles. The van der Waals surface area contributed by atoms with Gasteiger partial charge >= 0.3 is 0 Å². The van der Waals surface area contributed by atoms with E-state index in [1.165, 1.54) is 10.8 Å². The third-order valence-electron chi connectivity index (χ3n) is 3.30. The second kappa shape index (κ2) is 5.03. The molecule has 0 amide bonds. The number of nitrogens with zero attached hydrogens (tertiary/aromatic N) is 5. The first-order valence-electron chi connectivity index (χ1n) is 6.60. The quantitative estimate of drug-likeness (QED) is 0.589. The minimum Gasteiger partial charge on any atom is -0.381 e. The highest BCUT2D eigenvalue weighted by molar-refractivity contribution is 6.29. The van der Waals surface area contributed by atoms with E-state index in [1.807, 2.05) is 0 Å². The van der Waals surface area contributed by atoms with Gasteiger partial charge in [0.25, 0.3) is 0 Å². The first-order chi connectivity index (χ1) is 11.1. The predicted octanol–water partition coefficient (Wildman–Crippen LogP) is 2.58. The van der Waals surface area contributed by atoms with Crippen LogP contribution < -0.4 is 5.73 Å². The van der Waals surface area contributed by atoms with Crippen LogP contribution in [0.2, 0.25) is 5.15 Å². The van der Waals surface area contributed by atoms with Gasteiger partial charge in [-0.05, 0) is 12.1 Å². The Hall–Kier alpha value is -3.00. The Labute approximate surface area is 134 Å². The van der Waals surface area contributed by atoms with E-state index in [9.17, 15) is 4.39 Å². The number of hydrogen-bond acceptors (Lipinski definition) is 5. The number of fused-ring (bicyclic) bond motifs is 1. The molecular weight excluding hydrogens is 321 g/mol. The number of H-pyrrole nitrogens is 1. The maximum atomic E-state index is 14.2. The summed E-state index contributed by atoms with van der Waals surface area (Å²) in [5, 5.41) is 0.235. The summed E-state index contributed by atoms with van der Waals surface area (Å²) in [6, 6.07) is 3.52. The lowest BCUT2D eigenvalue weighted by Gasteiger charge is -2.08. The molecule has 0 atom stereocenters. The summed E-state index contributed by atoms with van der Waals surface area (Å²) in [5.41, 5.74) is 7.25. The van der Waals surface area contributed by atoms with E-state index in [2.05, 4.69) is 24.9 Å². The molecule has 0 fully saturated rings. The number of aromatic nitrogens is 6. The first kappa shape index (κ1) is 13.6. The number of hydrogen-bond donors (Lipinski definition) is 2.